The second-order valence-electron chi connectivity index (χ2n) is 4.35. The van der Waals surface area contributed by atoms with Gasteiger partial charge in [0, 0.05) is 10.1 Å². The number of nitrogens with one attached hydrogen (secondary N) is 1. The quantitative estimate of drug-likeness (QED) is 0.746. The van der Waals surface area contributed by atoms with Crippen LogP contribution in [0.15, 0.2) is 53.4 Å². The van der Waals surface area contributed by atoms with Gasteiger partial charge in [-0.1, -0.05) is 24.3 Å². The summed E-state index contributed by atoms with van der Waals surface area (Å²) in [4.78, 5) is 12.1. The Morgan fingerprint density at radius 3 is 2.29 bits per heavy atom. The highest BCUT2D eigenvalue weighted by molar-refractivity contribution is 14.1. The number of carbonyl (C=O) groups is 1. The molecule has 2 aromatic carbocycles. The molecule has 0 aliphatic carbocycles. The molecule has 3 N–H and O–H groups in total. The molecule has 110 valence electrons. The summed E-state index contributed by atoms with van der Waals surface area (Å²) in [6.07, 6.45) is 0. The third kappa shape index (κ3) is 4.26. The molecule has 0 aliphatic rings. The van der Waals surface area contributed by atoms with Crippen molar-refractivity contribution in [2.45, 2.75) is 11.4 Å². The molecule has 1 amide bonds. The maximum atomic E-state index is 12.0. The highest BCUT2D eigenvalue weighted by atomic mass is 127. The van der Waals surface area contributed by atoms with Gasteiger partial charge in [0.05, 0.1) is 10.5 Å². The topological polar surface area (TPSA) is 89.3 Å². The van der Waals surface area contributed by atoms with Crippen molar-refractivity contribution < 1.29 is 13.2 Å². The van der Waals surface area contributed by atoms with E-state index in [2.05, 4.69) is 27.9 Å². The zero-order valence-electron chi connectivity index (χ0n) is 10.9. The van der Waals surface area contributed by atoms with E-state index in [0.29, 0.717) is 12.1 Å². The fraction of sp³-hybridized carbons (Fsp3) is 0.0714. The van der Waals surface area contributed by atoms with Crippen LogP contribution in [-0.4, -0.2) is 14.3 Å². The highest BCUT2D eigenvalue weighted by Crippen LogP contribution is 2.12. The van der Waals surface area contributed by atoms with Crippen molar-refractivity contribution in [2.24, 2.45) is 5.14 Å². The van der Waals surface area contributed by atoms with Gasteiger partial charge < -0.3 is 5.32 Å². The fourth-order valence-corrected chi connectivity index (χ4v) is 2.87. The Hall–Kier alpha value is -1.45. The van der Waals surface area contributed by atoms with Gasteiger partial charge in [0.25, 0.3) is 5.91 Å². The van der Waals surface area contributed by atoms with Crippen LogP contribution in [0, 0.1) is 3.57 Å². The van der Waals surface area contributed by atoms with E-state index in [0.717, 1.165) is 9.13 Å². The van der Waals surface area contributed by atoms with Crippen LogP contribution in [0.1, 0.15) is 15.9 Å². The van der Waals surface area contributed by atoms with Crippen molar-refractivity contribution in [2.75, 3.05) is 0 Å². The lowest BCUT2D eigenvalue weighted by molar-refractivity contribution is 0.0950. The minimum absolute atomic E-state index is 0.0511. The maximum Gasteiger partial charge on any atom is 0.252 e. The molecule has 0 bridgehead atoms. The molecule has 0 radical (unpaired) electrons. The summed E-state index contributed by atoms with van der Waals surface area (Å²) in [5, 5.41) is 7.81. The molecule has 5 nitrogen and oxygen atoms in total. The van der Waals surface area contributed by atoms with E-state index < -0.39 is 10.0 Å². The molecule has 0 aromatic heterocycles. The number of hydrogen-bond donors (Lipinski definition) is 2. The molecular weight excluding hydrogens is 403 g/mol. The Morgan fingerprint density at radius 2 is 1.71 bits per heavy atom. The molecule has 7 heteroatoms. The number of sulfonamides is 1. The summed E-state index contributed by atoms with van der Waals surface area (Å²) in [5.74, 6) is -0.171. The lowest BCUT2D eigenvalue weighted by Crippen LogP contribution is -2.23. The van der Waals surface area contributed by atoms with Crippen LogP contribution >= 0.6 is 22.6 Å². The van der Waals surface area contributed by atoms with Gasteiger partial charge in [-0.15, -0.1) is 0 Å². The predicted molar refractivity (Wildman–Crippen MR) is 88.1 cm³/mol. The summed E-state index contributed by atoms with van der Waals surface area (Å²) < 4.78 is 23.2. The van der Waals surface area contributed by atoms with Crippen molar-refractivity contribution in [3.05, 3.63) is 63.2 Å². The van der Waals surface area contributed by atoms with Crippen LogP contribution in [0.2, 0.25) is 0 Å². The van der Waals surface area contributed by atoms with Crippen molar-refractivity contribution in [3.63, 3.8) is 0 Å². The van der Waals surface area contributed by atoms with Gasteiger partial charge in [-0.25, -0.2) is 13.6 Å². The zero-order chi connectivity index (χ0) is 15.5. The molecule has 0 unspecified atom stereocenters. The van der Waals surface area contributed by atoms with Gasteiger partial charge in [0.15, 0.2) is 0 Å². The first-order chi connectivity index (χ1) is 9.88. The van der Waals surface area contributed by atoms with Crippen LogP contribution < -0.4 is 10.5 Å². The first-order valence-corrected chi connectivity index (χ1v) is 8.65. The van der Waals surface area contributed by atoms with Gasteiger partial charge in [-0.3, -0.25) is 4.79 Å². The second kappa shape index (κ2) is 6.54. The summed E-state index contributed by atoms with van der Waals surface area (Å²) in [6, 6.07) is 13.4. The van der Waals surface area contributed by atoms with Crippen molar-refractivity contribution in [1.82, 2.24) is 5.32 Å². The van der Waals surface area contributed by atoms with Gasteiger partial charge in [-0.2, -0.15) is 0 Å². The minimum atomic E-state index is -3.69. The molecule has 0 heterocycles. The summed E-state index contributed by atoms with van der Waals surface area (Å²) in [6.45, 7) is 0.314. The summed E-state index contributed by atoms with van der Waals surface area (Å²) in [7, 11) is -3.69. The smallest absolute Gasteiger partial charge is 0.252 e. The molecule has 0 saturated carbocycles. The Labute approximate surface area is 136 Å². The molecule has 0 fully saturated rings. The van der Waals surface area contributed by atoms with Gasteiger partial charge in [-0.05, 0) is 52.4 Å². The Bertz CT molecular complexity index is 758. The Balaban J connectivity index is 2.04. The van der Waals surface area contributed by atoms with Crippen LogP contribution in [-0.2, 0) is 16.6 Å². The molecule has 0 saturated heterocycles. The van der Waals surface area contributed by atoms with Crippen LogP contribution in [0.25, 0.3) is 0 Å². The van der Waals surface area contributed by atoms with E-state index >= 15 is 0 Å². The Kier molecular flexibility index (Phi) is 4.96. The maximum absolute atomic E-state index is 12.0. The molecule has 0 aliphatic heterocycles. The van der Waals surface area contributed by atoms with E-state index in [1.807, 2.05) is 12.1 Å². The second-order valence-corrected chi connectivity index (χ2v) is 7.08. The number of carbonyl (C=O) groups excluding carboxylic acids is 1. The van der Waals surface area contributed by atoms with Crippen molar-refractivity contribution >= 4 is 38.5 Å². The number of amides is 1. The molecule has 0 spiro atoms. The minimum Gasteiger partial charge on any atom is -0.348 e. The number of benzene rings is 2. The Morgan fingerprint density at radius 1 is 1.10 bits per heavy atom. The first-order valence-electron chi connectivity index (χ1n) is 6.02. The van der Waals surface area contributed by atoms with Crippen LogP contribution in [0.4, 0.5) is 0 Å². The van der Waals surface area contributed by atoms with E-state index in [9.17, 15) is 13.2 Å². The third-order valence-electron chi connectivity index (χ3n) is 2.82. The normalized spacial score (nSPS) is 11.1. The number of rotatable bonds is 4. The number of halogens is 1. The van der Waals surface area contributed by atoms with E-state index in [1.165, 1.54) is 12.1 Å². The first kappa shape index (κ1) is 15.9. The molecular formula is C14H13IN2O3S. The van der Waals surface area contributed by atoms with E-state index in [-0.39, 0.29) is 10.8 Å². The molecule has 2 rings (SSSR count). The summed E-state index contributed by atoms with van der Waals surface area (Å²) in [5.41, 5.74) is 1.40. The SMILES string of the molecule is NS(=O)(=O)c1ccc(CNC(=O)c2ccccc2I)cc1. The van der Waals surface area contributed by atoms with Crippen molar-refractivity contribution in [1.29, 1.82) is 0 Å². The lowest BCUT2D eigenvalue weighted by atomic mass is 10.2. The zero-order valence-corrected chi connectivity index (χ0v) is 13.9. The molecule has 21 heavy (non-hydrogen) atoms. The van der Waals surface area contributed by atoms with Crippen molar-refractivity contribution in [3.8, 4) is 0 Å². The summed E-state index contributed by atoms with van der Waals surface area (Å²) >= 11 is 2.10. The lowest BCUT2D eigenvalue weighted by Gasteiger charge is -2.07. The average Bonchev–Trinajstić information content (AvgIpc) is 2.45. The predicted octanol–water partition coefficient (Wildman–Crippen LogP) is 1.87. The van der Waals surface area contributed by atoms with Crippen LogP contribution in [0.5, 0.6) is 0 Å². The fourth-order valence-electron chi connectivity index (χ4n) is 1.72. The van der Waals surface area contributed by atoms with Gasteiger partial charge in [0.1, 0.15) is 0 Å². The van der Waals surface area contributed by atoms with Gasteiger partial charge >= 0.3 is 0 Å². The van der Waals surface area contributed by atoms with E-state index in [1.54, 1.807) is 24.3 Å². The third-order valence-corrected chi connectivity index (χ3v) is 4.69. The largest absolute Gasteiger partial charge is 0.348 e. The molecule has 0 atom stereocenters. The molecule has 2 aromatic rings. The standard InChI is InChI=1S/C14H13IN2O3S/c15-13-4-2-1-3-12(13)14(18)17-9-10-5-7-11(8-6-10)21(16,19)20/h1-8H,9H2,(H,17,18)(H2,16,19,20). The number of nitrogens with two attached hydrogens (primary N) is 1. The van der Waals surface area contributed by atoms with Gasteiger partial charge in [0.2, 0.25) is 10.0 Å². The highest BCUT2D eigenvalue weighted by Gasteiger charge is 2.09. The average molecular weight is 416 g/mol. The van der Waals surface area contributed by atoms with E-state index in [4.69, 9.17) is 5.14 Å². The number of hydrogen-bond acceptors (Lipinski definition) is 3. The van der Waals surface area contributed by atoms with Crippen LogP contribution in [0.3, 0.4) is 0 Å². The monoisotopic (exact) mass is 416 g/mol. The number of primary sulfonamides is 1.